The Bertz CT molecular complexity index is 520. The van der Waals surface area contributed by atoms with Crippen LogP contribution in [0.15, 0.2) is 18.3 Å². The van der Waals surface area contributed by atoms with Crippen LogP contribution >= 0.6 is 0 Å². The summed E-state index contributed by atoms with van der Waals surface area (Å²) in [6, 6.07) is 3.33. The van der Waals surface area contributed by atoms with E-state index in [1.165, 1.54) is 44.7 Å². The third kappa shape index (κ3) is 2.39. The van der Waals surface area contributed by atoms with Gasteiger partial charge in [-0.05, 0) is 56.3 Å². The highest BCUT2D eigenvalue weighted by Gasteiger charge is 2.51. The van der Waals surface area contributed by atoms with Gasteiger partial charge in [0.1, 0.15) is 0 Å². The first-order chi connectivity index (χ1) is 10.1. The third-order valence-corrected chi connectivity index (χ3v) is 5.83. The van der Waals surface area contributed by atoms with Crippen molar-refractivity contribution in [2.75, 3.05) is 11.9 Å². The molecule has 0 radical (unpaired) electrons. The molecule has 4 aliphatic carbocycles. The van der Waals surface area contributed by atoms with Crippen LogP contribution in [0.2, 0.25) is 0 Å². The molecule has 4 fully saturated rings. The maximum Gasteiger partial charge on any atom is 0.308 e. The summed E-state index contributed by atoms with van der Waals surface area (Å²) < 4.78 is 0. The van der Waals surface area contributed by atoms with Crippen LogP contribution in [0.25, 0.3) is 0 Å². The normalized spacial score (nSPS) is 36.7. The lowest BCUT2D eigenvalue weighted by Gasteiger charge is -2.56. The Morgan fingerprint density at radius 2 is 1.81 bits per heavy atom. The Kier molecular flexibility index (Phi) is 2.91. The van der Waals surface area contributed by atoms with Gasteiger partial charge in [-0.25, -0.2) is 4.98 Å². The van der Waals surface area contributed by atoms with E-state index in [4.69, 9.17) is 0 Å². The predicted molar refractivity (Wildman–Crippen MR) is 78.7 cm³/mol. The number of pyridine rings is 1. The summed E-state index contributed by atoms with van der Waals surface area (Å²) in [5, 5.41) is 14.2. The van der Waals surface area contributed by atoms with Crippen LogP contribution in [0.3, 0.4) is 0 Å². The fraction of sp³-hybridized carbons (Fsp3) is 0.688. The summed E-state index contributed by atoms with van der Waals surface area (Å²) in [4.78, 5) is 13.3. The van der Waals surface area contributed by atoms with Crippen molar-refractivity contribution in [3.63, 3.8) is 0 Å². The van der Waals surface area contributed by atoms with E-state index in [2.05, 4.69) is 10.3 Å². The van der Waals surface area contributed by atoms with Crippen molar-refractivity contribution in [3.05, 3.63) is 28.4 Å². The second-order valence-corrected chi connectivity index (χ2v) is 7.49. The van der Waals surface area contributed by atoms with Crippen LogP contribution < -0.4 is 10.3 Å². The molecular formula is C16H22N3O2+. The number of hydrogen-bond acceptors (Lipinski definition) is 3. The average Bonchev–Trinajstić information content (AvgIpc) is 2.44. The molecule has 112 valence electrons. The fourth-order valence-corrected chi connectivity index (χ4v) is 5.43. The van der Waals surface area contributed by atoms with Crippen LogP contribution in [-0.2, 0) is 0 Å². The zero-order chi connectivity index (χ0) is 14.4. The lowest BCUT2D eigenvalue weighted by molar-refractivity contribution is -0.413. The van der Waals surface area contributed by atoms with E-state index >= 15 is 0 Å². The molecule has 0 aliphatic heterocycles. The molecule has 1 heterocycles. The minimum atomic E-state index is -0.376. The summed E-state index contributed by atoms with van der Waals surface area (Å²) in [5.74, 6) is 3.76. The highest BCUT2D eigenvalue weighted by molar-refractivity contribution is 5.34. The minimum Gasteiger partial charge on any atom is -0.274 e. The van der Waals surface area contributed by atoms with E-state index in [1.54, 1.807) is 12.1 Å². The molecule has 4 bridgehead atoms. The SMILES string of the molecule is O=[N+]([O-])c1ccc(NCC23CC4CC(CC(C4)C2)C3)[nH+]c1. The quantitative estimate of drug-likeness (QED) is 0.684. The maximum atomic E-state index is 10.7. The van der Waals surface area contributed by atoms with Crippen molar-refractivity contribution in [1.29, 1.82) is 0 Å². The summed E-state index contributed by atoms with van der Waals surface area (Å²) in [7, 11) is 0. The van der Waals surface area contributed by atoms with Gasteiger partial charge in [0.15, 0.2) is 6.20 Å². The van der Waals surface area contributed by atoms with Crippen molar-refractivity contribution >= 4 is 11.5 Å². The van der Waals surface area contributed by atoms with E-state index in [9.17, 15) is 10.1 Å². The first kappa shape index (κ1) is 13.0. The third-order valence-electron chi connectivity index (χ3n) is 5.83. The van der Waals surface area contributed by atoms with Crippen LogP contribution in [0.1, 0.15) is 38.5 Å². The first-order valence-corrected chi connectivity index (χ1v) is 8.02. The lowest BCUT2D eigenvalue weighted by atomic mass is 9.49. The topological polar surface area (TPSA) is 69.3 Å². The lowest BCUT2D eigenvalue weighted by Crippen LogP contribution is -2.49. The molecule has 5 heteroatoms. The van der Waals surface area contributed by atoms with Gasteiger partial charge in [-0.15, -0.1) is 0 Å². The van der Waals surface area contributed by atoms with E-state index < -0.39 is 0 Å². The van der Waals surface area contributed by atoms with Crippen LogP contribution in [0.5, 0.6) is 0 Å². The Hall–Kier alpha value is -1.65. The number of aromatic nitrogens is 1. The second kappa shape index (κ2) is 4.68. The van der Waals surface area contributed by atoms with Gasteiger partial charge in [0.2, 0.25) is 0 Å². The molecule has 4 aliphatic rings. The summed E-state index contributed by atoms with van der Waals surface area (Å²) in [6.07, 6.45) is 9.97. The monoisotopic (exact) mass is 288 g/mol. The first-order valence-electron chi connectivity index (χ1n) is 8.02. The number of anilines is 1. The molecule has 0 spiro atoms. The summed E-state index contributed by atoms with van der Waals surface area (Å²) >= 11 is 0. The Morgan fingerprint density at radius 1 is 1.19 bits per heavy atom. The van der Waals surface area contributed by atoms with E-state index in [0.29, 0.717) is 5.41 Å². The highest BCUT2D eigenvalue weighted by atomic mass is 16.6. The summed E-state index contributed by atoms with van der Waals surface area (Å²) in [6.45, 7) is 1.00. The molecule has 4 saturated carbocycles. The Morgan fingerprint density at radius 3 is 2.29 bits per heavy atom. The Balaban J connectivity index is 1.43. The maximum absolute atomic E-state index is 10.7. The largest absolute Gasteiger partial charge is 0.308 e. The van der Waals surface area contributed by atoms with Crippen molar-refractivity contribution in [2.45, 2.75) is 38.5 Å². The van der Waals surface area contributed by atoms with Crippen molar-refractivity contribution in [1.82, 2.24) is 0 Å². The number of rotatable bonds is 4. The number of H-pyrrole nitrogens is 1. The molecule has 0 amide bonds. The molecular weight excluding hydrogens is 266 g/mol. The zero-order valence-corrected chi connectivity index (χ0v) is 12.2. The van der Waals surface area contributed by atoms with Crippen LogP contribution in [-0.4, -0.2) is 11.5 Å². The number of aromatic amines is 1. The van der Waals surface area contributed by atoms with Gasteiger partial charge < -0.3 is 0 Å². The molecule has 0 atom stereocenters. The van der Waals surface area contributed by atoms with Gasteiger partial charge in [-0.2, -0.15) is 0 Å². The van der Waals surface area contributed by atoms with Gasteiger partial charge in [0, 0.05) is 17.5 Å². The number of hydrogen-bond donors (Lipinski definition) is 1. The van der Waals surface area contributed by atoms with Crippen LogP contribution in [0, 0.1) is 33.3 Å². The standard InChI is InChI=1S/C16H21N3O2/c20-19(21)14-1-2-15(17-9-14)18-10-16-6-11-3-12(7-16)5-13(4-11)8-16/h1-2,9,11-13H,3-8,10H2,(H,17,18)/p+1. The molecule has 0 unspecified atom stereocenters. The molecule has 1 aromatic rings. The molecule has 2 N–H and O–H groups in total. The molecule has 5 rings (SSSR count). The van der Waals surface area contributed by atoms with Crippen molar-refractivity contribution in [3.8, 4) is 0 Å². The number of nitrogens with zero attached hydrogens (tertiary/aromatic N) is 1. The van der Waals surface area contributed by atoms with Gasteiger partial charge >= 0.3 is 5.69 Å². The van der Waals surface area contributed by atoms with E-state index in [-0.39, 0.29) is 10.6 Å². The molecule has 21 heavy (non-hydrogen) atoms. The van der Waals surface area contributed by atoms with E-state index in [0.717, 1.165) is 30.1 Å². The molecule has 0 aromatic carbocycles. The van der Waals surface area contributed by atoms with Crippen molar-refractivity contribution in [2.24, 2.45) is 23.2 Å². The molecule has 0 saturated heterocycles. The predicted octanol–water partition coefficient (Wildman–Crippen LogP) is 3.04. The fourth-order valence-electron chi connectivity index (χ4n) is 5.43. The summed E-state index contributed by atoms with van der Waals surface area (Å²) in [5.41, 5.74) is 0.583. The van der Waals surface area contributed by atoms with Gasteiger partial charge in [0.05, 0.1) is 11.5 Å². The second-order valence-electron chi connectivity index (χ2n) is 7.49. The van der Waals surface area contributed by atoms with E-state index in [1.807, 2.05) is 0 Å². The van der Waals surface area contributed by atoms with Gasteiger partial charge in [0.25, 0.3) is 5.82 Å². The highest BCUT2D eigenvalue weighted by Crippen LogP contribution is 2.59. The smallest absolute Gasteiger partial charge is 0.274 e. The zero-order valence-electron chi connectivity index (χ0n) is 12.2. The number of nitrogens with one attached hydrogen (secondary N) is 2. The van der Waals surface area contributed by atoms with Crippen LogP contribution in [0.4, 0.5) is 11.5 Å². The Labute approximate surface area is 124 Å². The van der Waals surface area contributed by atoms with Gasteiger partial charge in [-0.3, -0.25) is 15.4 Å². The van der Waals surface area contributed by atoms with Crippen molar-refractivity contribution < 1.29 is 9.91 Å². The molecule has 1 aromatic heterocycles. The molecule has 5 nitrogen and oxygen atoms in total. The number of nitro groups is 1. The van der Waals surface area contributed by atoms with Gasteiger partial charge in [-0.1, -0.05) is 0 Å². The minimum absolute atomic E-state index is 0.107. The average molecular weight is 288 g/mol.